The van der Waals surface area contributed by atoms with Crippen LogP contribution >= 0.6 is 0 Å². The third kappa shape index (κ3) is 3.91. The molecule has 27 heavy (non-hydrogen) atoms. The highest BCUT2D eigenvalue weighted by Crippen LogP contribution is 2.40. The number of carbonyl (C=O) groups is 1. The van der Waals surface area contributed by atoms with Crippen LogP contribution in [-0.4, -0.2) is 40.3 Å². The van der Waals surface area contributed by atoms with Gasteiger partial charge < -0.3 is 4.90 Å². The number of aryl methyl sites for hydroxylation is 2. The monoisotopic (exact) mass is 363 g/mol. The predicted octanol–water partition coefficient (Wildman–Crippen LogP) is 3.71. The summed E-state index contributed by atoms with van der Waals surface area (Å²) >= 11 is 0. The summed E-state index contributed by atoms with van der Waals surface area (Å²) in [5.74, 6) is 0.356. The topological polar surface area (TPSA) is 36.4 Å². The molecule has 0 unspecified atom stereocenters. The molecule has 2 aromatic rings. The Balaban J connectivity index is 1.44. The van der Waals surface area contributed by atoms with E-state index >= 15 is 0 Å². The lowest BCUT2D eigenvalue weighted by atomic mass is 9.78. The lowest BCUT2D eigenvalue weighted by molar-refractivity contribution is -0.146. The van der Waals surface area contributed by atoms with Gasteiger partial charge in [-0.3, -0.25) is 14.7 Å². The fraction of sp³-hybridized carbons (Fsp3) is 0.478. The van der Waals surface area contributed by atoms with Crippen molar-refractivity contribution in [3.8, 4) is 0 Å². The first-order valence-electron chi connectivity index (χ1n) is 10.0. The summed E-state index contributed by atoms with van der Waals surface area (Å²) < 4.78 is 0. The number of rotatable bonds is 4. The van der Waals surface area contributed by atoms with E-state index in [1.54, 1.807) is 0 Å². The number of amides is 1. The summed E-state index contributed by atoms with van der Waals surface area (Å²) in [5.41, 5.74) is 4.46. The number of piperidine rings is 1. The summed E-state index contributed by atoms with van der Waals surface area (Å²) in [6.45, 7) is 8.45. The zero-order valence-electron chi connectivity index (χ0n) is 16.4. The molecule has 1 aromatic carbocycles. The van der Waals surface area contributed by atoms with Gasteiger partial charge >= 0.3 is 0 Å². The van der Waals surface area contributed by atoms with Crippen LogP contribution in [0.5, 0.6) is 0 Å². The van der Waals surface area contributed by atoms with Crippen LogP contribution in [0.25, 0.3) is 0 Å². The van der Waals surface area contributed by atoms with Crippen LogP contribution in [0.2, 0.25) is 0 Å². The Hall–Kier alpha value is -2.20. The van der Waals surface area contributed by atoms with E-state index in [2.05, 4.69) is 58.1 Å². The summed E-state index contributed by atoms with van der Waals surface area (Å²) in [7, 11) is 0. The molecule has 142 valence electrons. The second-order valence-electron chi connectivity index (χ2n) is 8.33. The standard InChI is InChI=1S/C23H29N3O/c1-18-6-3-8-20(14-18)15-26-12-5-10-23(22(26)27)11-13-25(17-23)16-21-9-4-7-19(2)24-21/h3-4,6-9,14H,5,10-13,15-17H2,1-2H3/t23-/m0/s1. The predicted molar refractivity (Wildman–Crippen MR) is 107 cm³/mol. The van der Waals surface area contributed by atoms with E-state index in [1.165, 1.54) is 11.1 Å². The zero-order chi connectivity index (χ0) is 18.9. The third-order valence-electron chi connectivity index (χ3n) is 6.04. The summed E-state index contributed by atoms with van der Waals surface area (Å²) in [4.78, 5) is 22.5. The van der Waals surface area contributed by atoms with Gasteiger partial charge in [-0.25, -0.2) is 0 Å². The molecular formula is C23H29N3O. The maximum absolute atomic E-state index is 13.4. The molecule has 4 nitrogen and oxygen atoms in total. The van der Waals surface area contributed by atoms with Crippen molar-refractivity contribution in [2.45, 2.75) is 46.2 Å². The average Bonchev–Trinajstić information content (AvgIpc) is 3.03. The second-order valence-corrected chi connectivity index (χ2v) is 8.33. The smallest absolute Gasteiger partial charge is 0.230 e. The van der Waals surface area contributed by atoms with Gasteiger partial charge in [0.1, 0.15) is 0 Å². The molecule has 2 saturated heterocycles. The van der Waals surface area contributed by atoms with Crippen molar-refractivity contribution in [2.75, 3.05) is 19.6 Å². The molecule has 1 spiro atoms. The molecule has 4 heteroatoms. The van der Waals surface area contributed by atoms with Crippen molar-refractivity contribution in [3.63, 3.8) is 0 Å². The molecule has 0 N–H and O–H groups in total. The first-order valence-corrected chi connectivity index (χ1v) is 10.0. The minimum absolute atomic E-state index is 0.189. The van der Waals surface area contributed by atoms with Crippen LogP contribution in [-0.2, 0) is 17.9 Å². The van der Waals surface area contributed by atoms with E-state index < -0.39 is 0 Å². The molecule has 0 bridgehead atoms. The number of carbonyl (C=O) groups excluding carboxylic acids is 1. The van der Waals surface area contributed by atoms with E-state index in [0.29, 0.717) is 5.91 Å². The molecule has 4 rings (SSSR count). The summed E-state index contributed by atoms with van der Waals surface area (Å²) in [5, 5.41) is 0. The fourth-order valence-electron chi connectivity index (χ4n) is 4.72. The zero-order valence-corrected chi connectivity index (χ0v) is 16.4. The minimum atomic E-state index is -0.189. The number of likely N-dealkylation sites (tertiary alicyclic amines) is 2. The quantitative estimate of drug-likeness (QED) is 0.831. The Morgan fingerprint density at radius 2 is 1.89 bits per heavy atom. The Morgan fingerprint density at radius 3 is 2.70 bits per heavy atom. The second kappa shape index (κ2) is 7.43. The van der Waals surface area contributed by atoms with Crippen molar-refractivity contribution < 1.29 is 4.79 Å². The highest BCUT2D eigenvalue weighted by atomic mass is 16.2. The molecule has 1 atom stereocenters. The number of hydrogen-bond acceptors (Lipinski definition) is 3. The Morgan fingerprint density at radius 1 is 1.04 bits per heavy atom. The lowest BCUT2D eigenvalue weighted by Crippen LogP contribution is -2.49. The third-order valence-corrected chi connectivity index (χ3v) is 6.04. The molecule has 1 aromatic heterocycles. The summed E-state index contributed by atoms with van der Waals surface area (Å²) in [6, 6.07) is 14.7. The molecule has 3 heterocycles. The van der Waals surface area contributed by atoms with Crippen molar-refractivity contribution in [3.05, 3.63) is 65.0 Å². The number of nitrogens with zero attached hydrogens (tertiary/aromatic N) is 3. The van der Waals surface area contributed by atoms with Gasteiger partial charge in [-0.2, -0.15) is 0 Å². The highest BCUT2D eigenvalue weighted by Gasteiger charge is 2.48. The van der Waals surface area contributed by atoms with Gasteiger partial charge in [0.15, 0.2) is 0 Å². The van der Waals surface area contributed by atoms with E-state index in [-0.39, 0.29) is 5.41 Å². The van der Waals surface area contributed by atoms with Gasteiger partial charge in [-0.05, 0) is 57.4 Å². The Labute approximate surface area is 162 Å². The van der Waals surface area contributed by atoms with Crippen LogP contribution in [0, 0.1) is 19.3 Å². The van der Waals surface area contributed by atoms with E-state index in [0.717, 1.165) is 63.4 Å². The molecule has 2 fully saturated rings. The van der Waals surface area contributed by atoms with Crippen molar-refractivity contribution in [1.82, 2.24) is 14.8 Å². The van der Waals surface area contributed by atoms with Crippen molar-refractivity contribution >= 4 is 5.91 Å². The van der Waals surface area contributed by atoms with Crippen molar-refractivity contribution in [2.24, 2.45) is 5.41 Å². The molecule has 1 amide bonds. The SMILES string of the molecule is Cc1cccc(CN2CCC[C@@]3(CCN(Cc4cccc(C)n4)C3)C2=O)c1. The average molecular weight is 364 g/mol. The highest BCUT2D eigenvalue weighted by molar-refractivity contribution is 5.84. The van der Waals surface area contributed by atoms with Crippen LogP contribution in [0.3, 0.4) is 0 Å². The minimum Gasteiger partial charge on any atom is -0.338 e. The molecule has 0 saturated carbocycles. The lowest BCUT2D eigenvalue weighted by Gasteiger charge is -2.39. The number of pyridine rings is 1. The van der Waals surface area contributed by atoms with E-state index in [1.807, 2.05) is 13.0 Å². The number of hydrogen-bond donors (Lipinski definition) is 0. The van der Waals surface area contributed by atoms with Crippen LogP contribution < -0.4 is 0 Å². The van der Waals surface area contributed by atoms with Crippen molar-refractivity contribution in [1.29, 1.82) is 0 Å². The maximum atomic E-state index is 13.4. The van der Waals surface area contributed by atoms with Crippen LogP contribution in [0.1, 0.15) is 41.8 Å². The first-order chi connectivity index (χ1) is 13.0. The largest absolute Gasteiger partial charge is 0.338 e. The Bertz CT molecular complexity index is 834. The first kappa shape index (κ1) is 18.2. The van der Waals surface area contributed by atoms with Crippen LogP contribution in [0.4, 0.5) is 0 Å². The molecule has 2 aliphatic heterocycles. The molecule has 0 radical (unpaired) electrons. The van der Waals surface area contributed by atoms with E-state index in [4.69, 9.17) is 0 Å². The van der Waals surface area contributed by atoms with Crippen LogP contribution in [0.15, 0.2) is 42.5 Å². The Kier molecular flexibility index (Phi) is 5.00. The van der Waals surface area contributed by atoms with Gasteiger partial charge in [0.05, 0.1) is 11.1 Å². The maximum Gasteiger partial charge on any atom is 0.230 e. The van der Waals surface area contributed by atoms with Gasteiger partial charge in [0, 0.05) is 31.9 Å². The van der Waals surface area contributed by atoms with Gasteiger partial charge in [-0.1, -0.05) is 35.9 Å². The van der Waals surface area contributed by atoms with Gasteiger partial charge in [0.25, 0.3) is 0 Å². The molecule has 2 aliphatic rings. The number of benzene rings is 1. The fourth-order valence-corrected chi connectivity index (χ4v) is 4.72. The van der Waals surface area contributed by atoms with Gasteiger partial charge in [-0.15, -0.1) is 0 Å². The van der Waals surface area contributed by atoms with Gasteiger partial charge in [0.2, 0.25) is 5.91 Å². The van der Waals surface area contributed by atoms with E-state index in [9.17, 15) is 4.79 Å². The summed E-state index contributed by atoms with van der Waals surface area (Å²) in [6.07, 6.45) is 3.10. The normalized spacial score (nSPS) is 23.3. The molecule has 0 aliphatic carbocycles. The molecular weight excluding hydrogens is 334 g/mol. The number of aromatic nitrogens is 1.